The fraction of sp³-hybridized carbons (Fsp3) is 0.278. The van der Waals surface area contributed by atoms with Crippen LogP contribution in [0.2, 0.25) is 0 Å². The lowest BCUT2D eigenvalue weighted by atomic mass is 9.96. The molecule has 2 aliphatic rings. The summed E-state index contributed by atoms with van der Waals surface area (Å²) in [5, 5.41) is 0. The van der Waals surface area contributed by atoms with Gasteiger partial charge in [-0.25, -0.2) is 0 Å². The van der Waals surface area contributed by atoms with Gasteiger partial charge in [-0.3, -0.25) is 14.4 Å². The largest absolute Gasteiger partial charge is 0.493 e. The molecule has 7 heteroatoms. The predicted octanol–water partition coefficient (Wildman–Crippen LogP) is 1.69. The minimum Gasteiger partial charge on any atom is -0.493 e. The molecule has 0 radical (unpaired) electrons. The Hall–Kier alpha value is -3.09. The fourth-order valence-corrected chi connectivity index (χ4v) is 2.57. The van der Waals surface area contributed by atoms with E-state index in [2.05, 4.69) is 0 Å². The van der Waals surface area contributed by atoms with Crippen LogP contribution in [0.3, 0.4) is 0 Å². The molecule has 1 aromatic rings. The van der Waals surface area contributed by atoms with Gasteiger partial charge in [0.2, 0.25) is 5.75 Å². The molecule has 0 fully saturated rings. The quantitative estimate of drug-likeness (QED) is 0.466. The van der Waals surface area contributed by atoms with Gasteiger partial charge in [0.05, 0.1) is 7.11 Å². The first kappa shape index (κ1) is 16.8. The summed E-state index contributed by atoms with van der Waals surface area (Å²) in [6, 6.07) is 3.36. The van der Waals surface area contributed by atoms with Crippen LogP contribution in [-0.2, 0) is 19.1 Å². The standard InChI is InChI=1S/C18H16O7/c1-10-7-13(20)16(18(21)25-10)12(19)4-3-11-8-14(22-2)17-15(9-11)23-5-6-24-17/h3-4,7-9,16H,5-6H2,1-2H3/b4-3-/t16-/m1/s1. The molecule has 0 aromatic heterocycles. The Labute approximate surface area is 143 Å². The van der Waals surface area contributed by atoms with Crippen molar-refractivity contribution in [2.24, 2.45) is 5.92 Å². The number of carbonyl (C=O) groups excluding carboxylic acids is 3. The van der Waals surface area contributed by atoms with E-state index in [-0.39, 0.29) is 5.76 Å². The lowest BCUT2D eigenvalue weighted by molar-refractivity contribution is -0.151. The molecule has 7 nitrogen and oxygen atoms in total. The number of fused-ring (bicyclic) bond motifs is 1. The molecule has 2 aliphatic heterocycles. The van der Waals surface area contributed by atoms with E-state index in [0.717, 1.165) is 6.08 Å². The highest BCUT2D eigenvalue weighted by molar-refractivity contribution is 6.25. The third kappa shape index (κ3) is 3.40. The van der Waals surface area contributed by atoms with Gasteiger partial charge >= 0.3 is 5.97 Å². The zero-order valence-electron chi connectivity index (χ0n) is 13.7. The third-order valence-electron chi connectivity index (χ3n) is 3.70. The molecule has 25 heavy (non-hydrogen) atoms. The van der Waals surface area contributed by atoms with Gasteiger partial charge in [-0.1, -0.05) is 6.08 Å². The monoisotopic (exact) mass is 344 g/mol. The Bertz CT molecular complexity index is 787. The van der Waals surface area contributed by atoms with E-state index in [1.807, 2.05) is 0 Å². The van der Waals surface area contributed by atoms with Gasteiger partial charge in [0.25, 0.3) is 0 Å². The number of allylic oxidation sites excluding steroid dienone is 3. The van der Waals surface area contributed by atoms with Gasteiger partial charge in [-0.05, 0) is 30.7 Å². The van der Waals surface area contributed by atoms with Crippen molar-refractivity contribution in [3.63, 3.8) is 0 Å². The van der Waals surface area contributed by atoms with Crippen LogP contribution in [0.4, 0.5) is 0 Å². The van der Waals surface area contributed by atoms with Gasteiger partial charge in [-0.15, -0.1) is 0 Å². The summed E-state index contributed by atoms with van der Waals surface area (Å²) in [4.78, 5) is 35.9. The molecular formula is C18H16O7. The molecule has 0 saturated heterocycles. The van der Waals surface area contributed by atoms with Crippen LogP contribution in [0.5, 0.6) is 17.2 Å². The number of methoxy groups -OCH3 is 1. The molecule has 0 unspecified atom stereocenters. The highest BCUT2D eigenvalue weighted by atomic mass is 16.6. The minimum atomic E-state index is -1.46. The van der Waals surface area contributed by atoms with Crippen molar-refractivity contribution in [1.29, 1.82) is 0 Å². The van der Waals surface area contributed by atoms with E-state index in [4.69, 9.17) is 18.9 Å². The molecule has 130 valence electrons. The zero-order chi connectivity index (χ0) is 18.0. The van der Waals surface area contributed by atoms with Crippen LogP contribution >= 0.6 is 0 Å². The molecule has 1 aromatic carbocycles. The number of carbonyl (C=O) groups is 3. The number of rotatable bonds is 4. The average molecular weight is 344 g/mol. The van der Waals surface area contributed by atoms with Crippen molar-refractivity contribution in [3.05, 3.63) is 35.6 Å². The summed E-state index contributed by atoms with van der Waals surface area (Å²) in [6.45, 7) is 2.32. The zero-order valence-corrected chi connectivity index (χ0v) is 13.7. The third-order valence-corrected chi connectivity index (χ3v) is 3.70. The second-order valence-corrected chi connectivity index (χ2v) is 5.49. The van der Waals surface area contributed by atoms with Crippen molar-refractivity contribution in [2.45, 2.75) is 6.92 Å². The summed E-state index contributed by atoms with van der Waals surface area (Å²) in [5.74, 6) is -1.89. The topological polar surface area (TPSA) is 88.1 Å². The van der Waals surface area contributed by atoms with Gasteiger partial charge in [0.15, 0.2) is 29.0 Å². The van der Waals surface area contributed by atoms with E-state index in [1.54, 1.807) is 12.1 Å². The van der Waals surface area contributed by atoms with Crippen LogP contribution in [-0.4, -0.2) is 37.9 Å². The van der Waals surface area contributed by atoms with E-state index in [1.165, 1.54) is 26.2 Å². The minimum absolute atomic E-state index is 0.180. The molecule has 0 amide bonds. The number of hydrogen-bond acceptors (Lipinski definition) is 7. The van der Waals surface area contributed by atoms with E-state index in [0.29, 0.717) is 36.0 Å². The molecule has 0 bridgehead atoms. The van der Waals surface area contributed by atoms with Crippen LogP contribution in [0.1, 0.15) is 12.5 Å². The van der Waals surface area contributed by atoms with Gasteiger partial charge < -0.3 is 18.9 Å². The SMILES string of the molecule is COc1cc(/C=C\C(=O)[C@@H]2C(=O)C=C(C)OC2=O)cc2c1OCCO2. The van der Waals surface area contributed by atoms with Crippen molar-refractivity contribution in [3.8, 4) is 17.2 Å². The number of ether oxygens (including phenoxy) is 4. The van der Waals surface area contributed by atoms with Gasteiger partial charge in [0.1, 0.15) is 19.0 Å². The van der Waals surface area contributed by atoms with Crippen LogP contribution in [0, 0.1) is 5.92 Å². The molecular weight excluding hydrogens is 328 g/mol. The second kappa shape index (κ2) is 6.80. The van der Waals surface area contributed by atoms with E-state index in [9.17, 15) is 14.4 Å². The van der Waals surface area contributed by atoms with Gasteiger partial charge in [-0.2, -0.15) is 0 Å². The van der Waals surface area contributed by atoms with Crippen LogP contribution in [0.25, 0.3) is 6.08 Å². The second-order valence-electron chi connectivity index (χ2n) is 5.49. The van der Waals surface area contributed by atoms with E-state index < -0.39 is 23.5 Å². The van der Waals surface area contributed by atoms with Crippen molar-refractivity contribution in [2.75, 3.05) is 20.3 Å². The summed E-state index contributed by atoms with van der Waals surface area (Å²) in [5.41, 5.74) is 0.609. The lowest BCUT2D eigenvalue weighted by Crippen LogP contribution is -2.34. The fourth-order valence-electron chi connectivity index (χ4n) is 2.57. The molecule has 1 atom stereocenters. The summed E-state index contributed by atoms with van der Waals surface area (Å²) in [6.07, 6.45) is 3.79. The molecule has 0 saturated carbocycles. The molecule has 2 heterocycles. The van der Waals surface area contributed by atoms with Gasteiger partial charge in [0, 0.05) is 6.08 Å². The summed E-state index contributed by atoms with van der Waals surface area (Å²) in [7, 11) is 1.50. The highest BCUT2D eigenvalue weighted by Crippen LogP contribution is 2.40. The molecule has 0 spiro atoms. The average Bonchev–Trinajstić information content (AvgIpc) is 2.58. The Morgan fingerprint density at radius 3 is 2.72 bits per heavy atom. The van der Waals surface area contributed by atoms with Crippen molar-refractivity contribution in [1.82, 2.24) is 0 Å². The number of benzene rings is 1. The molecule has 0 N–H and O–H groups in total. The smallest absolute Gasteiger partial charge is 0.329 e. The van der Waals surface area contributed by atoms with Crippen molar-refractivity contribution >= 4 is 23.6 Å². The van der Waals surface area contributed by atoms with E-state index >= 15 is 0 Å². The number of esters is 1. The Kier molecular flexibility index (Phi) is 4.56. The Morgan fingerprint density at radius 1 is 1.24 bits per heavy atom. The first-order valence-electron chi connectivity index (χ1n) is 7.63. The number of hydrogen-bond donors (Lipinski definition) is 0. The maximum atomic E-state index is 12.2. The Morgan fingerprint density at radius 2 is 2.00 bits per heavy atom. The maximum absolute atomic E-state index is 12.2. The number of ketones is 2. The highest BCUT2D eigenvalue weighted by Gasteiger charge is 2.36. The first-order chi connectivity index (χ1) is 12.0. The van der Waals surface area contributed by atoms with Crippen LogP contribution in [0.15, 0.2) is 30.0 Å². The predicted molar refractivity (Wildman–Crippen MR) is 86.4 cm³/mol. The lowest BCUT2D eigenvalue weighted by Gasteiger charge is -2.21. The normalized spacial score (nSPS) is 19.4. The Balaban J connectivity index is 1.83. The van der Waals surface area contributed by atoms with Crippen molar-refractivity contribution < 1.29 is 33.3 Å². The summed E-state index contributed by atoms with van der Waals surface area (Å²) >= 11 is 0. The molecule has 3 rings (SSSR count). The maximum Gasteiger partial charge on any atom is 0.329 e. The van der Waals surface area contributed by atoms with Crippen LogP contribution < -0.4 is 14.2 Å². The first-order valence-corrected chi connectivity index (χ1v) is 7.63. The molecule has 0 aliphatic carbocycles. The number of cyclic esters (lactones) is 1. The summed E-state index contributed by atoms with van der Waals surface area (Å²) < 4.78 is 21.1.